The Hall–Kier alpha value is -4.57. The summed E-state index contributed by atoms with van der Waals surface area (Å²) in [5.74, 6) is 0.423. The van der Waals surface area contributed by atoms with Gasteiger partial charge in [-0.2, -0.15) is 15.8 Å². The maximum Gasteiger partial charge on any atom is 0.0701 e. The highest BCUT2D eigenvalue weighted by Crippen LogP contribution is 2.52. The second kappa shape index (κ2) is 13.1. The molecule has 9 aliphatic rings. The van der Waals surface area contributed by atoms with Gasteiger partial charge in [-0.1, -0.05) is 60.8 Å². The SMILES string of the molecule is CN1C(C2=CC(N3C4=C(CC(C#N)C=C4)C4CC(C#N)C=CC43)=CC(N3C4=C(CCCC4)C4C=CC=CC43)C2)CCCC1(C)C1=CC(C#N)CC=C1. The zero-order chi connectivity index (χ0) is 35.6. The molecule has 0 radical (unpaired) electrons. The van der Waals surface area contributed by atoms with Crippen molar-refractivity contribution in [1.29, 1.82) is 15.8 Å². The molecule has 52 heavy (non-hydrogen) atoms. The Balaban J connectivity index is 1.15. The number of fused-ring (bicyclic) bond motifs is 4. The lowest BCUT2D eigenvalue weighted by molar-refractivity contribution is 0.0789. The number of likely N-dealkylation sites (N-methyl/N-ethyl adjacent to an activating group) is 1. The van der Waals surface area contributed by atoms with Crippen LogP contribution in [0.3, 0.4) is 0 Å². The number of likely N-dealkylation sites (tertiary alicyclic amines) is 1. The highest BCUT2D eigenvalue weighted by atomic mass is 15.3. The average Bonchev–Trinajstić information content (AvgIpc) is 3.71. The molecular formula is C46H50N6. The molecule has 0 N–H and O–H groups in total. The van der Waals surface area contributed by atoms with E-state index in [9.17, 15) is 15.8 Å². The molecule has 0 bridgehead atoms. The molecular weight excluding hydrogens is 637 g/mol. The number of hydrogen-bond acceptors (Lipinski definition) is 6. The summed E-state index contributed by atoms with van der Waals surface area (Å²) in [4.78, 5) is 8.06. The van der Waals surface area contributed by atoms with Gasteiger partial charge in [0.1, 0.15) is 0 Å². The lowest BCUT2D eigenvalue weighted by Gasteiger charge is -2.51. The van der Waals surface area contributed by atoms with Gasteiger partial charge >= 0.3 is 0 Å². The lowest BCUT2D eigenvalue weighted by Crippen LogP contribution is -2.55. The van der Waals surface area contributed by atoms with Gasteiger partial charge in [-0.15, -0.1) is 0 Å². The number of nitrogens with zero attached hydrogens (tertiary/aromatic N) is 6. The van der Waals surface area contributed by atoms with E-state index in [1.807, 2.05) is 0 Å². The molecule has 10 atom stereocenters. The second-order valence-corrected chi connectivity index (χ2v) is 16.8. The van der Waals surface area contributed by atoms with E-state index in [0.717, 1.165) is 51.4 Å². The average molecular weight is 687 g/mol. The van der Waals surface area contributed by atoms with Crippen molar-refractivity contribution in [2.45, 2.75) is 107 Å². The molecule has 10 unspecified atom stereocenters. The number of allylic oxidation sites excluding steroid dienone is 9. The van der Waals surface area contributed by atoms with Crippen molar-refractivity contribution >= 4 is 0 Å². The molecule has 0 saturated carbocycles. The molecule has 3 aliphatic heterocycles. The van der Waals surface area contributed by atoms with Crippen LogP contribution >= 0.6 is 0 Å². The normalized spacial score (nSPS) is 39.1. The Morgan fingerprint density at radius 2 is 1.63 bits per heavy atom. The van der Waals surface area contributed by atoms with Gasteiger partial charge in [0.25, 0.3) is 0 Å². The van der Waals surface area contributed by atoms with Crippen molar-refractivity contribution in [3.8, 4) is 18.2 Å². The topological polar surface area (TPSA) is 81.1 Å². The predicted octanol–water partition coefficient (Wildman–Crippen LogP) is 8.85. The molecule has 6 nitrogen and oxygen atoms in total. The largest absolute Gasteiger partial charge is 0.361 e. The van der Waals surface area contributed by atoms with Gasteiger partial charge in [0.2, 0.25) is 0 Å². The number of rotatable bonds is 4. The standard InChI is InChI=1S/C46H50N6/c1-46(34-10-7-9-30(21-34)27-47)20-8-15-41(50(46)2)33-24-35(51-42-13-5-3-11-37(42)38-12-4-6-14-43(38)51)26-36(25-33)52-44-18-16-31(28-48)22-39(44)40-23-32(29-49)17-19-45(40)52/h3,5,7,10-11,13,16-19,21,25-26,30-32,35,37,39,41-42,44H,4,6,8-9,12,14-15,20,22-24H2,1-2H3. The summed E-state index contributed by atoms with van der Waals surface area (Å²) >= 11 is 0. The van der Waals surface area contributed by atoms with Gasteiger partial charge in [-0.25, -0.2) is 0 Å². The minimum atomic E-state index is -0.146. The van der Waals surface area contributed by atoms with E-state index in [4.69, 9.17) is 0 Å². The van der Waals surface area contributed by atoms with E-state index in [2.05, 4.69) is 126 Å². The van der Waals surface area contributed by atoms with Crippen LogP contribution in [-0.4, -0.2) is 51.5 Å². The second-order valence-electron chi connectivity index (χ2n) is 16.8. The minimum Gasteiger partial charge on any atom is -0.361 e. The minimum absolute atomic E-state index is 0.0592. The van der Waals surface area contributed by atoms with Crippen LogP contribution in [0.5, 0.6) is 0 Å². The van der Waals surface area contributed by atoms with E-state index in [-0.39, 0.29) is 47.3 Å². The molecule has 9 rings (SSSR count). The smallest absolute Gasteiger partial charge is 0.0701 e. The van der Waals surface area contributed by atoms with Crippen LogP contribution in [-0.2, 0) is 0 Å². The monoisotopic (exact) mass is 686 g/mol. The molecule has 0 aromatic rings. The van der Waals surface area contributed by atoms with E-state index < -0.39 is 0 Å². The first-order chi connectivity index (χ1) is 25.4. The van der Waals surface area contributed by atoms with Gasteiger partial charge in [0.15, 0.2) is 0 Å². The fourth-order valence-corrected chi connectivity index (χ4v) is 11.4. The molecule has 6 heteroatoms. The number of hydrogen-bond donors (Lipinski definition) is 0. The van der Waals surface area contributed by atoms with Crippen LogP contribution in [0.15, 0.2) is 118 Å². The Morgan fingerprint density at radius 3 is 2.48 bits per heavy atom. The van der Waals surface area contributed by atoms with E-state index in [1.165, 1.54) is 47.4 Å². The summed E-state index contributed by atoms with van der Waals surface area (Å²) in [7, 11) is 2.33. The van der Waals surface area contributed by atoms with Crippen molar-refractivity contribution in [3.63, 3.8) is 0 Å². The third-order valence-electron chi connectivity index (χ3n) is 14.1. The van der Waals surface area contributed by atoms with Crippen LogP contribution < -0.4 is 0 Å². The summed E-state index contributed by atoms with van der Waals surface area (Å²) in [6.07, 6.45) is 41.6. The van der Waals surface area contributed by atoms with Crippen molar-refractivity contribution < 1.29 is 0 Å². The number of nitriles is 3. The van der Waals surface area contributed by atoms with Crippen molar-refractivity contribution in [1.82, 2.24) is 14.7 Å². The molecule has 1 fully saturated rings. The van der Waals surface area contributed by atoms with Gasteiger partial charge in [-0.05, 0) is 125 Å². The fourth-order valence-electron chi connectivity index (χ4n) is 11.4. The van der Waals surface area contributed by atoms with Gasteiger partial charge < -0.3 is 9.80 Å². The van der Waals surface area contributed by atoms with Crippen LogP contribution in [0.4, 0.5) is 0 Å². The van der Waals surface area contributed by atoms with E-state index in [0.29, 0.717) is 12.0 Å². The van der Waals surface area contributed by atoms with Gasteiger partial charge in [0, 0.05) is 40.5 Å². The maximum atomic E-state index is 9.97. The zero-order valence-electron chi connectivity index (χ0n) is 30.7. The predicted molar refractivity (Wildman–Crippen MR) is 204 cm³/mol. The molecule has 0 spiro atoms. The first-order valence-corrected chi connectivity index (χ1v) is 19.9. The quantitative estimate of drug-likeness (QED) is 0.275. The molecule has 6 aliphatic carbocycles. The van der Waals surface area contributed by atoms with Crippen molar-refractivity contribution in [2.75, 3.05) is 7.05 Å². The Labute approximate surface area is 310 Å². The molecule has 0 aromatic carbocycles. The Kier molecular flexibility index (Phi) is 8.40. The highest BCUT2D eigenvalue weighted by molar-refractivity contribution is 5.50. The lowest BCUT2D eigenvalue weighted by atomic mass is 9.74. The maximum absolute atomic E-state index is 9.97. The molecule has 0 aromatic heterocycles. The summed E-state index contributed by atoms with van der Waals surface area (Å²) in [5.41, 5.74) is 9.75. The molecule has 0 amide bonds. The van der Waals surface area contributed by atoms with Crippen LogP contribution in [0, 0.1) is 63.6 Å². The first kappa shape index (κ1) is 33.3. The summed E-state index contributed by atoms with van der Waals surface area (Å²) in [5, 5.41) is 29.8. The zero-order valence-corrected chi connectivity index (χ0v) is 30.7. The van der Waals surface area contributed by atoms with Crippen molar-refractivity contribution in [3.05, 3.63) is 118 Å². The number of piperidine rings is 1. The van der Waals surface area contributed by atoms with E-state index >= 15 is 0 Å². The third-order valence-corrected chi connectivity index (χ3v) is 14.1. The van der Waals surface area contributed by atoms with Crippen LogP contribution in [0.25, 0.3) is 0 Å². The highest BCUT2D eigenvalue weighted by Gasteiger charge is 2.48. The Bertz CT molecular complexity index is 1970. The summed E-state index contributed by atoms with van der Waals surface area (Å²) in [6, 6.07) is 8.56. The molecule has 1 saturated heterocycles. The van der Waals surface area contributed by atoms with Crippen molar-refractivity contribution in [2.24, 2.45) is 29.6 Å². The van der Waals surface area contributed by atoms with Crippen LogP contribution in [0.1, 0.15) is 77.6 Å². The Morgan fingerprint density at radius 1 is 0.808 bits per heavy atom. The summed E-state index contributed by atoms with van der Waals surface area (Å²) in [6.45, 7) is 2.40. The third kappa shape index (κ3) is 5.27. The first-order valence-electron chi connectivity index (χ1n) is 19.9. The fraction of sp³-hybridized carbons (Fsp3) is 0.500. The van der Waals surface area contributed by atoms with Crippen LogP contribution in [0.2, 0.25) is 0 Å². The summed E-state index contributed by atoms with van der Waals surface area (Å²) < 4.78 is 0. The van der Waals surface area contributed by atoms with Gasteiger partial charge in [0.05, 0.1) is 54.1 Å². The van der Waals surface area contributed by atoms with Gasteiger partial charge in [-0.3, -0.25) is 4.90 Å². The van der Waals surface area contributed by atoms with E-state index in [1.54, 1.807) is 11.3 Å². The molecule has 3 heterocycles. The molecule has 264 valence electrons.